The number of rotatable bonds is 35. The molecule has 0 aromatic carbocycles. The molecule has 1 aliphatic rings. The van der Waals surface area contributed by atoms with Crippen LogP contribution in [0.5, 0.6) is 0 Å². The van der Waals surface area contributed by atoms with E-state index in [9.17, 15) is 37.9 Å². The van der Waals surface area contributed by atoms with Crippen molar-refractivity contribution in [2.45, 2.75) is 211 Å². The predicted molar refractivity (Wildman–Crippen MR) is 215 cm³/mol. The summed E-state index contributed by atoms with van der Waals surface area (Å²) in [6.45, 7) is 3.70. The smallest absolute Gasteiger partial charge is 0.306 e. The lowest BCUT2D eigenvalue weighted by Gasteiger charge is -2.40. The van der Waals surface area contributed by atoms with Crippen molar-refractivity contribution in [3.63, 3.8) is 0 Å². The summed E-state index contributed by atoms with van der Waals surface area (Å²) in [4.78, 5) is 25.3. The molecule has 1 heterocycles. The minimum Gasteiger partial charge on any atom is -0.462 e. The van der Waals surface area contributed by atoms with Gasteiger partial charge in [-0.2, -0.15) is 8.42 Å². The largest absolute Gasteiger partial charge is 0.462 e. The first-order chi connectivity index (χ1) is 26.5. The Hall–Kier alpha value is -1.87. The molecule has 1 aliphatic heterocycles. The Kier molecular flexibility index (Phi) is 30.8. The number of aliphatic hydroxyl groups excluding tert-OH is 3. The molecule has 1 rings (SSSR count). The number of carbonyl (C=O) groups excluding carboxylic acids is 2. The summed E-state index contributed by atoms with van der Waals surface area (Å²) in [5.41, 5.74) is 0. The highest BCUT2D eigenvalue weighted by Gasteiger charge is 2.46. The average Bonchev–Trinajstić information content (AvgIpc) is 3.14. The van der Waals surface area contributed by atoms with Crippen LogP contribution >= 0.6 is 0 Å². The Balaban J connectivity index is 2.49. The van der Waals surface area contributed by atoms with Crippen LogP contribution < -0.4 is 0 Å². The molecule has 2 unspecified atom stereocenters. The van der Waals surface area contributed by atoms with Crippen LogP contribution in [-0.4, -0.2) is 96.0 Å². The lowest BCUT2D eigenvalue weighted by atomic mass is 10.00. The van der Waals surface area contributed by atoms with Gasteiger partial charge in [-0.1, -0.05) is 122 Å². The molecule has 13 heteroatoms. The number of unbranched alkanes of at least 4 members (excludes halogenated alkanes) is 19. The zero-order valence-electron chi connectivity index (χ0n) is 34.0. The summed E-state index contributed by atoms with van der Waals surface area (Å²) in [5.74, 6) is -2.02. The lowest BCUT2D eigenvalue weighted by Crippen LogP contribution is -2.60. The summed E-state index contributed by atoms with van der Waals surface area (Å²) in [6, 6.07) is 0. The number of carbonyl (C=O) groups is 2. The van der Waals surface area contributed by atoms with E-state index < -0.39 is 71.2 Å². The van der Waals surface area contributed by atoms with Gasteiger partial charge in [0.2, 0.25) is 0 Å². The van der Waals surface area contributed by atoms with Gasteiger partial charge in [-0.3, -0.25) is 14.1 Å². The van der Waals surface area contributed by atoms with Gasteiger partial charge in [0.15, 0.2) is 12.4 Å². The first-order valence-corrected chi connectivity index (χ1v) is 23.0. The maximum absolute atomic E-state index is 12.7. The van der Waals surface area contributed by atoms with Crippen LogP contribution in [0.1, 0.15) is 174 Å². The van der Waals surface area contributed by atoms with E-state index in [2.05, 4.69) is 38.2 Å². The van der Waals surface area contributed by atoms with Gasteiger partial charge < -0.3 is 34.3 Å². The quantitative estimate of drug-likeness (QED) is 0.0209. The van der Waals surface area contributed by atoms with Crippen LogP contribution in [0.2, 0.25) is 0 Å². The first kappa shape index (κ1) is 51.1. The molecule has 6 atom stereocenters. The molecular formula is C42H76O12S. The van der Waals surface area contributed by atoms with Gasteiger partial charge in [0.25, 0.3) is 10.1 Å². The molecule has 4 N–H and O–H groups in total. The third-order valence-electron chi connectivity index (χ3n) is 9.75. The summed E-state index contributed by atoms with van der Waals surface area (Å²) in [6.07, 6.45) is 25.2. The Morgan fingerprint density at radius 1 is 0.600 bits per heavy atom. The van der Waals surface area contributed by atoms with Crippen molar-refractivity contribution in [2.24, 2.45) is 0 Å². The second kappa shape index (κ2) is 33.1. The normalized spacial score (nSPS) is 21.0. The molecule has 55 heavy (non-hydrogen) atoms. The second-order valence-corrected chi connectivity index (χ2v) is 16.5. The summed E-state index contributed by atoms with van der Waals surface area (Å²) < 4.78 is 53.9. The number of esters is 2. The van der Waals surface area contributed by atoms with E-state index in [1.54, 1.807) is 0 Å². The molecule has 1 fully saturated rings. The Morgan fingerprint density at radius 2 is 1.04 bits per heavy atom. The van der Waals surface area contributed by atoms with Gasteiger partial charge in [-0.05, 0) is 64.2 Å². The van der Waals surface area contributed by atoms with Gasteiger partial charge in [0.05, 0.1) is 6.61 Å². The Bertz CT molecular complexity index is 1130. The molecule has 0 spiro atoms. The second-order valence-electron chi connectivity index (χ2n) is 15.0. The van der Waals surface area contributed by atoms with Crippen molar-refractivity contribution in [1.82, 2.24) is 0 Å². The van der Waals surface area contributed by atoms with E-state index in [1.807, 2.05) is 0 Å². The number of hydrogen-bond donors (Lipinski definition) is 4. The lowest BCUT2D eigenvalue weighted by molar-refractivity contribution is -0.297. The zero-order valence-corrected chi connectivity index (χ0v) is 34.9. The first-order valence-electron chi connectivity index (χ1n) is 21.4. The molecule has 0 aromatic heterocycles. The van der Waals surface area contributed by atoms with Gasteiger partial charge in [0, 0.05) is 12.8 Å². The minimum absolute atomic E-state index is 0.151. The fourth-order valence-electron chi connectivity index (χ4n) is 6.37. The van der Waals surface area contributed by atoms with E-state index in [0.29, 0.717) is 12.8 Å². The summed E-state index contributed by atoms with van der Waals surface area (Å²) >= 11 is 0. The van der Waals surface area contributed by atoms with Crippen molar-refractivity contribution in [1.29, 1.82) is 0 Å². The monoisotopic (exact) mass is 805 g/mol. The summed E-state index contributed by atoms with van der Waals surface area (Å²) in [5, 5.41) is 30.8. The molecule has 1 saturated heterocycles. The third-order valence-corrected chi connectivity index (χ3v) is 10.5. The van der Waals surface area contributed by atoms with Crippen molar-refractivity contribution in [2.75, 3.05) is 19.0 Å². The molecular weight excluding hydrogens is 729 g/mol. The molecule has 0 bridgehead atoms. The Labute approximate surface area is 332 Å². The van der Waals surface area contributed by atoms with Crippen LogP contribution in [-0.2, 0) is 38.7 Å². The average molecular weight is 805 g/mol. The number of ether oxygens (including phenoxy) is 4. The van der Waals surface area contributed by atoms with Crippen LogP contribution in [0.4, 0.5) is 0 Å². The minimum atomic E-state index is -4.60. The molecule has 12 nitrogen and oxygen atoms in total. The number of allylic oxidation sites excluding steroid dienone is 4. The summed E-state index contributed by atoms with van der Waals surface area (Å²) in [7, 11) is -4.60. The zero-order chi connectivity index (χ0) is 40.6. The van der Waals surface area contributed by atoms with Crippen LogP contribution in [0, 0.1) is 0 Å². The van der Waals surface area contributed by atoms with E-state index in [0.717, 1.165) is 57.8 Å². The molecule has 0 aliphatic carbocycles. The fourth-order valence-corrected chi connectivity index (χ4v) is 7.06. The fraction of sp³-hybridized carbons (Fsp3) is 0.857. The van der Waals surface area contributed by atoms with Gasteiger partial charge in [-0.15, -0.1) is 0 Å². The highest BCUT2D eigenvalue weighted by atomic mass is 32.2. The predicted octanol–water partition coefficient (Wildman–Crippen LogP) is 8.06. The van der Waals surface area contributed by atoms with Crippen molar-refractivity contribution in [3.8, 4) is 0 Å². The number of aliphatic hydroxyl groups is 3. The number of hydrogen-bond acceptors (Lipinski definition) is 11. The topological polar surface area (TPSA) is 186 Å². The maximum Gasteiger partial charge on any atom is 0.306 e. The van der Waals surface area contributed by atoms with E-state index in [4.69, 9.17) is 18.9 Å². The SMILES string of the molecule is CCCCC/C=C/CCCCCCCC(=O)O[C@H](COC(=O)CCCC/C=C/CCCCCCCCCCC)CO[C@H]1O[C@H](CS(=O)(=O)O)[C@@H](O)C(O)C1O. The van der Waals surface area contributed by atoms with E-state index >= 15 is 0 Å². The van der Waals surface area contributed by atoms with E-state index in [-0.39, 0.29) is 19.4 Å². The van der Waals surface area contributed by atoms with Crippen LogP contribution in [0.15, 0.2) is 24.3 Å². The highest BCUT2D eigenvalue weighted by Crippen LogP contribution is 2.24. The highest BCUT2D eigenvalue weighted by molar-refractivity contribution is 7.85. The molecule has 0 saturated carbocycles. The molecule has 0 amide bonds. The van der Waals surface area contributed by atoms with Crippen LogP contribution in [0.25, 0.3) is 0 Å². The Morgan fingerprint density at radius 3 is 1.58 bits per heavy atom. The third kappa shape index (κ3) is 28.2. The molecule has 322 valence electrons. The van der Waals surface area contributed by atoms with Crippen LogP contribution in [0.3, 0.4) is 0 Å². The van der Waals surface area contributed by atoms with Crippen molar-refractivity contribution in [3.05, 3.63) is 24.3 Å². The van der Waals surface area contributed by atoms with Crippen molar-refractivity contribution >= 4 is 22.1 Å². The molecule has 0 radical (unpaired) electrons. The van der Waals surface area contributed by atoms with Crippen molar-refractivity contribution < 1.29 is 56.8 Å². The maximum atomic E-state index is 12.7. The van der Waals surface area contributed by atoms with Gasteiger partial charge in [0.1, 0.15) is 36.8 Å². The van der Waals surface area contributed by atoms with E-state index in [1.165, 1.54) is 77.0 Å². The molecule has 0 aromatic rings. The standard InChI is InChI=1S/C42H76O12S/c1-3-5-7-9-11-13-15-17-18-19-21-22-24-26-28-30-37(43)51-32-35(33-52-42-41(47)40(46)39(45)36(54-42)34-55(48,49)50)53-38(44)31-29-27-25-23-20-16-14-12-10-8-6-4-2/h12,14,21-22,35-36,39-42,45-47H,3-11,13,15-20,23-34H2,1-2H3,(H,48,49,50)/b14-12+,22-21+/t35-,36-,39-,40?,41?,42+/m1/s1. The van der Waals surface area contributed by atoms with Gasteiger partial charge in [-0.25, -0.2) is 0 Å². The van der Waals surface area contributed by atoms with Gasteiger partial charge >= 0.3 is 11.9 Å².